The van der Waals surface area contributed by atoms with Crippen LogP contribution in [0.25, 0.3) is 0 Å². The molecule has 0 spiro atoms. The predicted molar refractivity (Wildman–Crippen MR) is 77.6 cm³/mol. The minimum Gasteiger partial charge on any atom is -0.326 e. The van der Waals surface area contributed by atoms with Crippen LogP contribution in [0.15, 0.2) is 0 Å². The zero-order valence-corrected chi connectivity index (χ0v) is 12.6. The van der Waals surface area contributed by atoms with Gasteiger partial charge in [0, 0.05) is 6.54 Å². The summed E-state index contributed by atoms with van der Waals surface area (Å²) in [6.45, 7) is 7.41. The summed E-state index contributed by atoms with van der Waals surface area (Å²) in [6, 6.07) is 0.0444. The highest BCUT2D eigenvalue weighted by Crippen LogP contribution is 2.26. The third-order valence-corrected chi connectivity index (χ3v) is 5.49. The molecule has 0 saturated carbocycles. The van der Waals surface area contributed by atoms with Crippen molar-refractivity contribution >= 4 is 17.7 Å². The van der Waals surface area contributed by atoms with Gasteiger partial charge in [-0.25, -0.2) is 0 Å². The zero-order chi connectivity index (χ0) is 13.1. The number of amides is 1. The Kier molecular flexibility index (Phi) is 4.96. The number of carbonyl (C=O) groups excluding carboxylic acids is 1. The van der Waals surface area contributed by atoms with E-state index in [4.69, 9.17) is 0 Å². The molecule has 0 aromatic carbocycles. The first-order chi connectivity index (χ1) is 8.63. The maximum absolute atomic E-state index is 12.4. The molecular formula is C14H26N2OS. The maximum Gasteiger partial charge on any atom is 0.241 e. The quantitative estimate of drug-likeness (QED) is 0.851. The lowest BCUT2D eigenvalue weighted by Gasteiger charge is -2.29. The summed E-state index contributed by atoms with van der Waals surface area (Å²) in [4.78, 5) is 14.5. The summed E-state index contributed by atoms with van der Waals surface area (Å²) in [5.74, 6) is 4.02. The number of thioether (sulfide) groups is 1. The molecule has 18 heavy (non-hydrogen) atoms. The van der Waals surface area contributed by atoms with Gasteiger partial charge in [-0.05, 0) is 43.1 Å². The van der Waals surface area contributed by atoms with Crippen LogP contribution in [0, 0.1) is 11.8 Å². The van der Waals surface area contributed by atoms with Gasteiger partial charge in [0.25, 0.3) is 0 Å². The third-order valence-electron chi connectivity index (χ3n) is 4.45. The van der Waals surface area contributed by atoms with Crippen molar-refractivity contribution in [1.29, 1.82) is 0 Å². The Bertz CT molecular complexity index is 292. The van der Waals surface area contributed by atoms with Gasteiger partial charge in [-0.3, -0.25) is 10.1 Å². The van der Waals surface area contributed by atoms with E-state index in [0.717, 1.165) is 18.9 Å². The number of carbonyl (C=O) groups is 1. The number of nitrogens with zero attached hydrogens (tertiary/aromatic N) is 1. The fourth-order valence-corrected chi connectivity index (χ4v) is 4.09. The van der Waals surface area contributed by atoms with E-state index in [1.54, 1.807) is 0 Å². The van der Waals surface area contributed by atoms with Gasteiger partial charge in [0.05, 0.1) is 12.2 Å². The van der Waals surface area contributed by atoms with Gasteiger partial charge in [0.2, 0.25) is 5.91 Å². The van der Waals surface area contributed by atoms with Crippen molar-refractivity contribution in [3.63, 3.8) is 0 Å². The lowest BCUT2D eigenvalue weighted by molar-refractivity contribution is -0.131. The first-order valence-corrected chi connectivity index (χ1v) is 8.43. The molecule has 0 aromatic rings. The van der Waals surface area contributed by atoms with Crippen molar-refractivity contribution in [2.24, 2.45) is 11.8 Å². The highest BCUT2D eigenvalue weighted by atomic mass is 32.2. The minimum atomic E-state index is 0.0444. The SMILES string of the molecule is CCC(C)C1NC(C)N(CC2CCSCC2)C1=O. The van der Waals surface area contributed by atoms with Crippen molar-refractivity contribution in [2.45, 2.75) is 52.2 Å². The normalized spacial score (nSPS) is 31.9. The van der Waals surface area contributed by atoms with E-state index in [0.29, 0.717) is 11.8 Å². The first-order valence-electron chi connectivity index (χ1n) is 7.27. The Morgan fingerprint density at radius 1 is 1.44 bits per heavy atom. The van der Waals surface area contributed by atoms with Gasteiger partial charge < -0.3 is 4.90 Å². The van der Waals surface area contributed by atoms with E-state index in [2.05, 4.69) is 31.0 Å². The monoisotopic (exact) mass is 270 g/mol. The van der Waals surface area contributed by atoms with Crippen molar-refractivity contribution in [2.75, 3.05) is 18.1 Å². The summed E-state index contributed by atoms with van der Waals surface area (Å²) < 4.78 is 0. The molecule has 3 atom stereocenters. The molecule has 3 nitrogen and oxygen atoms in total. The van der Waals surface area contributed by atoms with Crippen LogP contribution >= 0.6 is 11.8 Å². The summed E-state index contributed by atoms with van der Waals surface area (Å²) >= 11 is 2.05. The van der Waals surface area contributed by atoms with Crippen LogP contribution in [0.3, 0.4) is 0 Å². The molecule has 3 unspecified atom stereocenters. The Morgan fingerprint density at radius 3 is 2.72 bits per heavy atom. The topological polar surface area (TPSA) is 32.3 Å². The molecule has 1 N–H and O–H groups in total. The highest BCUT2D eigenvalue weighted by molar-refractivity contribution is 7.99. The maximum atomic E-state index is 12.4. The fourth-order valence-electron chi connectivity index (χ4n) is 2.89. The molecule has 2 saturated heterocycles. The van der Waals surface area contributed by atoms with Crippen molar-refractivity contribution in [1.82, 2.24) is 10.2 Å². The standard InChI is InChI=1S/C14H26N2OS/c1-4-10(2)13-14(17)16(11(3)15-13)9-12-5-7-18-8-6-12/h10-13,15H,4-9H2,1-3H3. The Morgan fingerprint density at radius 2 is 2.11 bits per heavy atom. The van der Waals surface area contributed by atoms with Crippen LogP contribution in [0.5, 0.6) is 0 Å². The van der Waals surface area contributed by atoms with E-state index < -0.39 is 0 Å². The average Bonchev–Trinajstić information content (AvgIpc) is 2.67. The second kappa shape index (κ2) is 6.29. The molecule has 2 aliphatic rings. The molecule has 2 rings (SSSR count). The summed E-state index contributed by atoms with van der Waals surface area (Å²) in [5.41, 5.74) is 0. The Labute approximate surface area is 115 Å². The average molecular weight is 270 g/mol. The zero-order valence-electron chi connectivity index (χ0n) is 11.8. The summed E-state index contributed by atoms with van der Waals surface area (Å²) in [5, 5.41) is 3.47. The smallest absolute Gasteiger partial charge is 0.241 e. The molecule has 0 radical (unpaired) electrons. The molecule has 2 aliphatic heterocycles. The Hall–Kier alpha value is -0.220. The van der Waals surface area contributed by atoms with Gasteiger partial charge >= 0.3 is 0 Å². The molecule has 4 heteroatoms. The van der Waals surface area contributed by atoms with E-state index in [-0.39, 0.29) is 12.2 Å². The van der Waals surface area contributed by atoms with Gasteiger partial charge in [-0.1, -0.05) is 20.3 Å². The number of hydrogen-bond acceptors (Lipinski definition) is 3. The molecular weight excluding hydrogens is 244 g/mol. The van der Waals surface area contributed by atoms with Crippen molar-refractivity contribution < 1.29 is 4.79 Å². The lowest BCUT2D eigenvalue weighted by atomic mass is 9.98. The highest BCUT2D eigenvalue weighted by Gasteiger charge is 2.39. The van der Waals surface area contributed by atoms with Crippen LogP contribution in [-0.4, -0.2) is 41.1 Å². The van der Waals surface area contributed by atoms with Gasteiger partial charge in [0.15, 0.2) is 0 Å². The summed E-state index contributed by atoms with van der Waals surface area (Å²) in [7, 11) is 0. The third kappa shape index (κ3) is 3.02. The molecule has 0 aliphatic carbocycles. The van der Waals surface area contributed by atoms with Gasteiger partial charge in [-0.15, -0.1) is 0 Å². The molecule has 0 bridgehead atoms. The lowest BCUT2D eigenvalue weighted by Crippen LogP contribution is -2.39. The van der Waals surface area contributed by atoms with E-state index in [9.17, 15) is 4.79 Å². The van der Waals surface area contributed by atoms with Crippen LogP contribution in [-0.2, 0) is 4.79 Å². The molecule has 1 amide bonds. The van der Waals surface area contributed by atoms with Crippen LogP contribution in [0.2, 0.25) is 0 Å². The molecule has 0 aromatic heterocycles. The number of nitrogens with one attached hydrogen (secondary N) is 1. The first kappa shape index (κ1) is 14.2. The van der Waals surface area contributed by atoms with E-state index in [1.807, 2.05) is 11.8 Å². The van der Waals surface area contributed by atoms with Crippen molar-refractivity contribution in [3.05, 3.63) is 0 Å². The van der Waals surface area contributed by atoms with E-state index in [1.165, 1.54) is 24.3 Å². The second-order valence-electron chi connectivity index (χ2n) is 5.75. The van der Waals surface area contributed by atoms with Gasteiger partial charge in [-0.2, -0.15) is 11.8 Å². The number of rotatable bonds is 4. The number of hydrogen-bond donors (Lipinski definition) is 1. The van der Waals surface area contributed by atoms with Crippen LogP contribution in [0.4, 0.5) is 0 Å². The second-order valence-corrected chi connectivity index (χ2v) is 6.98. The molecule has 2 heterocycles. The Balaban J connectivity index is 1.93. The largest absolute Gasteiger partial charge is 0.326 e. The summed E-state index contributed by atoms with van der Waals surface area (Å²) in [6.07, 6.45) is 3.82. The van der Waals surface area contributed by atoms with Crippen LogP contribution in [0.1, 0.15) is 40.0 Å². The fraction of sp³-hybridized carbons (Fsp3) is 0.929. The molecule has 2 fully saturated rings. The minimum absolute atomic E-state index is 0.0444. The van der Waals surface area contributed by atoms with Crippen LogP contribution < -0.4 is 5.32 Å². The molecule has 104 valence electrons. The predicted octanol–water partition coefficient (Wildman–Crippen LogP) is 2.32. The van der Waals surface area contributed by atoms with Gasteiger partial charge in [0.1, 0.15) is 0 Å². The van der Waals surface area contributed by atoms with E-state index >= 15 is 0 Å². The van der Waals surface area contributed by atoms with Crippen molar-refractivity contribution in [3.8, 4) is 0 Å².